The van der Waals surface area contributed by atoms with Gasteiger partial charge in [0.25, 0.3) is 5.91 Å². The lowest BCUT2D eigenvalue weighted by Crippen LogP contribution is -2.36. The molecule has 1 aliphatic carbocycles. The number of thiophene rings is 1. The molecule has 0 radical (unpaired) electrons. The van der Waals surface area contributed by atoms with Crippen molar-refractivity contribution < 1.29 is 18.0 Å². The molecule has 4 rings (SSSR count). The fourth-order valence-electron chi connectivity index (χ4n) is 4.06. The Labute approximate surface area is 186 Å². The number of hydrogen-bond donors (Lipinski definition) is 2. The van der Waals surface area contributed by atoms with Gasteiger partial charge in [0.05, 0.1) is 17.1 Å². The van der Waals surface area contributed by atoms with Crippen LogP contribution in [0.1, 0.15) is 51.2 Å². The summed E-state index contributed by atoms with van der Waals surface area (Å²) < 4.78 is 23.5. The van der Waals surface area contributed by atoms with Crippen molar-refractivity contribution in [2.45, 2.75) is 45.1 Å². The summed E-state index contributed by atoms with van der Waals surface area (Å²) in [7, 11) is -3.08. The van der Waals surface area contributed by atoms with Crippen molar-refractivity contribution in [3.05, 3.63) is 57.5 Å². The molecule has 2 aromatic rings. The first kappa shape index (κ1) is 21.8. The first-order chi connectivity index (χ1) is 14.8. The van der Waals surface area contributed by atoms with Crippen LogP contribution < -0.4 is 10.6 Å². The van der Waals surface area contributed by atoms with E-state index >= 15 is 0 Å². The van der Waals surface area contributed by atoms with Crippen molar-refractivity contribution in [1.82, 2.24) is 5.32 Å². The Morgan fingerprint density at radius 2 is 1.87 bits per heavy atom. The maximum atomic E-state index is 13.1. The molecule has 1 aromatic heterocycles. The SMILES string of the molecule is Cc1ccc(C=CC(=O)Nc2sc3c(c2C(=O)NC2CCS(=O)(=O)C2)CCCC3)cc1. The van der Waals surface area contributed by atoms with Gasteiger partial charge < -0.3 is 10.6 Å². The van der Waals surface area contributed by atoms with E-state index < -0.39 is 9.84 Å². The fraction of sp³-hybridized carbons (Fsp3) is 0.391. The molecule has 1 aliphatic heterocycles. The number of amides is 2. The van der Waals surface area contributed by atoms with Crippen molar-refractivity contribution >= 4 is 44.1 Å². The van der Waals surface area contributed by atoms with Gasteiger partial charge in [-0.05, 0) is 56.2 Å². The highest BCUT2D eigenvalue weighted by molar-refractivity contribution is 7.91. The van der Waals surface area contributed by atoms with Crippen LogP contribution in [-0.2, 0) is 27.5 Å². The summed E-state index contributed by atoms with van der Waals surface area (Å²) in [6.07, 6.45) is 7.40. The first-order valence-corrected chi connectivity index (χ1v) is 13.2. The van der Waals surface area contributed by atoms with Crippen molar-refractivity contribution in [1.29, 1.82) is 0 Å². The van der Waals surface area contributed by atoms with Crippen LogP contribution in [0.5, 0.6) is 0 Å². The summed E-state index contributed by atoms with van der Waals surface area (Å²) in [5.74, 6) is -0.505. The zero-order chi connectivity index (χ0) is 22.0. The van der Waals surface area contributed by atoms with Crippen LogP contribution in [0.15, 0.2) is 30.3 Å². The minimum absolute atomic E-state index is 0.0218. The molecule has 1 saturated heterocycles. The van der Waals surface area contributed by atoms with E-state index in [4.69, 9.17) is 0 Å². The minimum Gasteiger partial charge on any atom is -0.348 e. The summed E-state index contributed by atoms with van der Waals surface area (Å²) in [6.45, 7) is 2.01. The Morgan fingerprint density at radius 1 is 1.13 bits per heavy atom. The highest BCUT2D eigenvalue weighted by atomic mass is 32.2. The standard InChI is InChI=1S/C23H26N2O4S2/c1-15-6-8-16(9-7-15)10-11-20(26)25-23-21(18-4-2-3-5-19(18)30-23)22(27)24-17-12-13-31(28,29)14-17/h6-11,17H,2-5,12-14H2,1H3,(H,24,27)(H,25,26). The number of carbonyl (C=O) groups is 2. The van der Waals surface area contributed by atoms with Crippen LogP contribution in [0.4, 0.5) is 5.00 Å². The van der Waals surface area contributed by atoms with Crippen molar-refractivity contribution in [3.8, 4) is 0 Å². The topological polar surface area (TPSA) is 92.3 Å². The number of aryl methyl sites for hydroxylation is 2. The monoisotopic (exact) mass is 458 g/mol. The summed E-state index contributed by atoms with van der Waals surface area (Å²) >= 11 is 1.46. The van der Waals surface area contributed by atoms with E-state index in [0.29, 0.717) is 17.0 Å². The summed E-state index contributed by atoms with van der Waals surface area (Å²) in [6, 6.07) is 7.48. The van der Waals surface area contributed by atoms with E-state index in [0.717, 1.165) is 47.3 Å². The second-order valence-electron chi connectivity index (χ2n) is 8.22. The molecule has 2 N–H and O–H groups in total. The maximum Gasteiger partial charge on any atom is 0.254 e. The molecule has 164 valence electrons. The van der Waals surface area contributed by atoms with Crippen LogP contribution in [0.2, 0.25) is 0 Å². The summed E-state index contributed by atoms with van der Waals surface area (Å²) in [4.78, 5) is 26.8. The van der Waals surface area contributed by atoms with Crippen LogP contribution >= 0.6 is 11.3 Å². The molecule has 1 unspecified atom stereocenters. The molecule has 1 aromatic carbocycles. The Balaban J connectivity index is 1.53. The van der Waals surface area contributed by atoms with Gasteiger partial charge in [-0.3, -0.25) is 9.59 Å². The van der Waals surface area contributed by atoms with Crippen LogP contribution in [0, 0.1) is 6.92 Å². The Kier molecular flexibility index (Phi) is 6.29. The maximum absolute atomic E-state index is 13.1. The molecule has 2 heterocycles. The molecule has 0 spiro atoms. The largest absolute Gasteiger partial charge is 0.348 e. The molecular weight excluding hydrogens is 432 g/mol. The number of carbonyl (C=O) groups excluding carboxylic acids is 2. The Morgan fingerprint density at radius 3 is 2.58 bits per heavy atom. The molecular formula is C23H26N2O4S2. The van der Waals surface area contributed by atoms with Gasteiger partial charge >= 0.3 is 0 Å². The Hall–Kier alpha value is -2.45. The lowest BCUT2D eigenvalue weighted by molar-refractivity contribution is -0.111. The van der Waals surface area contributed by atoms with Gasteiger partial charge in [-0.1, -0.05) is 29.8 Å². The lowest BCUT2D eigenvalue weighted by atomic mass is 9.95. The van der Waals surface area contributed by atoms with Gasteiger partial charge in [-0.2, -0.15) is 0 Å². The number of hydrogen-bond acceptors (Lipinski definition) is 5. The minimum atomic E-state index is -3.08. The van der Waals surface area contributed by atoms with Crippen molar-refractivity contribution in [2.75, 3.05) is 16.8 Å². The molecule has 1 fully saturated rings. The molecule has 6 nitrogen and oxygen atoms in total. The van der Waals surface area contributed by atoms with Gasteiger partial charge in [0, 0.05) is 17.0 Å². The van der Waals surface area contributed by atoms with Gasteiger partial charge in [0.2, 0.25) is 5.91 Å². The summed E-state index contributed by atoms with van der Waals surface area (Å²) in [5.41, 5.74) is 3.57. The third-order valence-corrected chi connectivity index (χ3v) is 8.68. The number of sulfone groups is 1. The van der Waals surface area contributed by atoms with Gasteiger partial charge in [-0.25, -0.2) is 8.42 Å². The zero-order valence-corrected chi connectivity index (χ0v) is 19.1. The lowest BCUT2D eigenvalue weighted by Gasteiger charge is -2.15. The van der Waals surface area contributed by atoms with E-state index in [-0.39, 0.29) is 29.4 Å². The summed E-state index contributed by atoms with van der Waals surface area (Å²) in [5, 5.41) is 6.31. The molecule has 0 saturated carbocycles. The molecule has 8 heteroatoms. The molecule has 0 bridgehead atoms. The first-order valence-electron chi connectivity index (χ1n) is 10.5. The number of fused-ring (bicyclic) bond motifs is 1. The second kappa shape index (κ2) is 8.96. The smallest absolute Gasteiger partial charge is 0.254 e. The number of anilines is 1. The molecule has 2 amide bonds. The van der Waals surface area contributed by atoms with E-state index in [9.17, 15) is 18.0 Å². The quantitative estimate of drug-likeness (QED) is 0.671. The van der Waals surface area contributed by atoms with E-state index in [1.165, 1.54) is 17.4 Å². The van der Waals surface area contributed by atoms with E-state index in [1.54, 1.807) is 6.08 Å². The average molecular weight is 459 g/mol. The van der Waals surface area contributed by atoms with Crippen molar-refractivity contribution in [2.24, 2.45) is 0 Å². The van der Waals surface area contributed by atoms with E-state index in [2.05, 4.69) is 10.6 Å². The fourth-order valence-corrected chi connectivity index (χ4v) is 7.03. The van der Waals surface area contributed by atoms with E-state index in [1.807, 2.05) is 31.2 Å². The van der Waals surface area contributed by atoms with Gasteiger partial charge in [-0.15, -0.1) is 11.3 Å². The third-order valence-electron chi connectivity index (χ3n) is 5.71. The van der Waals surface area contributed by atoms with Crippen LogP contribution in [0.25, 0.3) is 6.08 Å². The molecule has 2 aliphatic rings. The second-order valence-corrected chi connectivity index (χ2v) is 11.6. The predicted molar refractivity (Wildman–Crippen MR) is 124 cm³/mol. The number of nitrogens with one attached hydrogen (secondary N) is 2. The van der Waals surface area contributed by atoms with Crippen LogP contribution in [-0.4, -0.2) is 37.8 Å². The van der Waals surface area contributed by atoms with Gasteiger partial charge in [0.15, 0.2) is 9.84 Å². The van der Waals surface area contributed by atoms with Crippen molar-refractivity contribution in [3.63, 3.8) is 0 Å². The number of benzene rings is 1. The third kappa shape index (κ3) is 5.25. The zero-order valence-electron chi connectivity index (χ0n) is 17.4. The number of rotatable bonds is 5. The highest BCUT2D eigenvalue weighted by Crippen LogP contribution is 2.38. The molecule has 1 atom stereocenters. The van der Waals surface area contributed by atoms with Gasteiger partial charge in [0.1, 0.15) is 5.00 Å². The predicted octanol–water partition coefficient (Wildman–Crippen LogP) is 3.50. The van der Waals surface area contributed by atoms with Crippen LogP contribution in [0.3, 0.4) is 0 Å². The highest BCUT2D eigenvalue weighted by Gasteiger charge is 2.32. The Bertz CT molecular complexity index is 1130. The average Bonchev–Trinajstić information content (AvgIpc) is 3.26. The molecule has 31 heavy (non-hydrogen) atoms. The normalized spacial score (nSPS) is 19.8.